The molecule has 7 heteroatoms. The third kappa shape index (κ3) is 6.29. The number of hydrazine groups is 1. The highest BCUT2D eigenvalue weighted by Gasteiger charge is 2.26. The zero-order chi connectivity index (χ0) is 20.1. The van der Waals surface area contributed by atoms with Crippen LogP contribution in [0.5, 0.6) is 0 Å². The summed E-state index contributed by atoms with van der Waals surface area (Å²) in [6, 6.07) is 16.7. The Labute approximate surface area is 207 Å². The van der Waals surface area contributed by atoms with E-state index < -0.39 is 0 Å². The summed E-state index contributed by atoms with van der Waals surface area (Å²) < 4.78 is 0. The molecule has 0 aromatic heterocycles. The van der Waals surface area contributed by atoms with Crippen molar-refractivity contribution in [1.82, 2.24) is 10.7 Å². The van der Waals surface area contributed by atoms with Gasteiger partial charge in [-0.3, -0.25) is 5.01 Å². The Morgan fingerprint density at radius 1 is 0.903 bits per heavy atom. The zero-order valence-corrected chi connectivity index (χ0v) is 20.3. The summed E-state index contributed by atoms with van der Waals surface area (Å²) in [6.07, 6.45) is 8.65. The Kier molecular flexibility index (Phi) is 10.4. The topological polar surface area (TPSA) is 27.3 Å². The van der Waals surface area contributed by atoms with E-state index in [1.807, 2.05) is 12.1 Å². The third-order valence-corrected chi connectivity index (χ3v) is 5.60. The number of allylic oxidation sites excluding steroid dienone is 4. The molecule has 0 saturated heterocycles. The minimum absolute atomic E-state index is 0. The third-order valence-electron chi connectivity index (χ3n) is 5.17. The van der Waals surface area contributed by atoms with Gasteiger partial charge in [0, 0.05) is 36.0 Å². The van der Waals surface area contributed by atoms with Gasteiger partial charge in [0.15, 0.2) is 0 Å². The Morgan fingerprint density at radius 3 is 2.48 bits per heavy atom. The van der Waals surface area contributed by atoms with Crippen LogP contribution in [0, 0.1) is 0 Å². The summed E-state index contributed by atoms with van der Waals surface area (Å²) in [6.45, 7) is 2.64. The second-order valence-electron chi connectivity index (χ2n) is 7.20. The van der Waals surface area contributed by atoms with Crippen LogP contribution in [0.3, 0.4) is 0 Å². The molecule has 1 aliphatic carbocycles. The monoisotopic (exact) mass is 497 g/mol. The molecule has 3 nitrogen and oxygen atoms in total. The molecule has 0 amide bonds. The molecule has 2 aromatic rings. The normalized spacial score (nSPS) is 14.3. The van der Waals surface area contributed by atoms with Crippen LogP contribution >= 0.6 is 48.0 Å². The van der Waals surface area contributed by atoms with Gasteiger partial charge in [-0.15, -0.1) is 36.4 Å². The van der Waals surface area contributed by atoms with Crippen molar-refractivity contribution < 1.29 is 0 Å². The van der Waals surface area contributed by atoms with Crippen molar-refractivity contribution in [2.24, 2.45) is 0 Å². The highest BCUT2D eigenvalue weighted by Crippen LogP contribution is 2.41. The van der Waals surface area contributed by atoms with Gasteiger partial charge in [0.1, 0.15) is 0 Å². The molecule has 1 heterocycles. The predicted octanol–water partition coefficient (Wildman–Crippen LogP) is 6.48. The fourth-order valence-electron chi connectivity index (χ4n) is 3.75. The van der Waals surface area contributed by atoms with E-state index in [0.717, 1.165) is 43.2 Å². The van der Waals surface area contributed by atoms with E-state index in [1.165, 1.54) is 28.0 Å². The smallest absolute Gasteiger partial charge is 0.0665 e. The fourth-order valence-corrected chi connectivity index (χ4v) is 4.05. The molecule has 1 aliphatic heterocycles. The second kappa shape index (κ2) is 12.5. The van der Waals surface area contributed by atoms with Gasteiger partial charge in [0.2, 0.25) is 0 Å². The fraction of sp³-hybridized carbons (Fsp3) is 0.250. The number of anilines is 1. The minimum atomic E-state index is 0. The van der Waals surface area contributed by atoms with Crippen molar-refractivity contribution in [2.75, 3.05) is 30.5 Å². The van der Waals surface area contributed by atoms with E-state index in [2.05, 4.69) is 70.4 Å². The number of hydrogen-bond acceptors (Lipinski definition) is 3. The Morgan fingerprint density at radius 2 is 1.71 bits per heavy atom. The Bertz CT molecular complexity index is 955. The van der Waals surface area contributed by atoms with Crippen LogP contribution in [0.15, 0.2) is 72.0 Å². The molecule has 0 radical (unpaired) electrons. The maximum absolute atomic E-state index is 6.31. The van der Waals surface area contributed by atoms with Gasteiger partial charge in [-0.05, 0) is 54.0 Å². The quantitative estimate of drug-likeness (QED) is 0.322. The number of hydrogen-bond donors (Lipinski definition) is 2. The summed E-state index contributed by atoms with van der Waals surface area (Å²) in [5, 5.41) is 6.27. The van der Waals surface area contributed by atoms with E-state index in [1.54, 1.807) is 0 Å². The lowest BCUT2D eigenvalue weighted by molar-refractivity contribution is 0.602. The number of halogens is 4. The number of nitrogens with one attached hydrogen (secondary N) is 2. The molecule has 2 N–H and O–H groups in total. The van der Waals surface area contributed by atoms with Gasteiger partial charge < -0.3 is 5.32 Å². The van der Waals surface area contributed by atoms with Crippen molar-refractivity contribution in [1.29, 1.82) is 0 Å². The Hall–Kier alpha value is -1.46. The molecule has 0 saturated carbocycles. The van der Waals surface area contributed by atoms with Gasteiger partial charge in [-0.2, -0.15) is 0 Å². The zero-order valence-electron chi connectivity index (χ0n) is 17.1. The number of benzene rings is 2. The second-order valence-corrected chi connectivity index (χ2v) is 8.01. The number of rotatable bonds is 8. The first-order valence-electron chi connectivity index (χ1n) is 10.0. The van der Waals surface area contributed by atoms with E-state index in [-0.39, 0.29) is 24.8 Å². The molecule has 0 spiro atoms. The van der Waals surface area contributed by atoms with Gasteiger partial charge >= 0.3 is 0 Å². The Balaban J connectivity index is 0.00000171. The van der Waals surface area contributed by atoms with Crippen molar-refractivity contribution in [3.05, 3.63) is 88.1 Å². The summed E-state index contributed by atoms with van der Waals surface area (Å²) in [5.41, 5.74) is 11.0. The van der Waals surface area contributed by atoms with Crippen LogP contribution < -0.4 is 15.8 Å². The first-order valence-corrected chi connectivity index (χ1v) is 10.9. The molecule has 2 aromatic carbocycles. The molecule has 2 aliphatic rings. The molecule has 0 unspecified atom stereocenters. The average Bonchev–Trinajstić information content (AvgIpc) is 2.76. The maximum atomic E-state index is 6.31. The van der Waals surface area contributed by atoms with Crippen LogP contribution in [0.1, 0.15) is 24.0 Å². The van der Waals surface area contributed by atoms with Crippen LogP contribution in [-0.4, -0.2) is 25.5 Å². The summed E-state index contributed by atoms with van der Waals surface area (Å²) in [4.78, 5) is 0. The molecular weight excluding hydrogens is 472 g/mol. The molecule has 0 atom stereocenters. The largest absolute Gasteiger partial charge is 0.315 e. The van der Waals surface area contributed by atoms with Gasteiger partial charge in [0.05, 0.1) is 11.4 Å². The highest BCUT2D eigenvalue weighted by molar-refractivity contribution is 6.31. The van der Waals surface area contributed by atoms with Crippen LogP contribution in [0.4, 0.5) is 5.69 Å². The van der Waals surface area contributed by atoms with E-state index in [4.69, 9.17) is 23.2 Å². The van der Waals surface area contributed by atoms with Crippen LogP contribution in [0.25, 0.3) is 11.6 Å². The van der Waals surface area contributed by atoms with Crippen LogP contribution in [0.2, 0.25) is 5.02 Å². The number of fused-ring (bicyclic) bond motifs is 2. The maximum Gasteiger partial charge on any atom is 0.0665 e. The molecule has 166 valence electrons. The SMILES string of the molecule is Cl.Cl.ClCCNCCCNN1C2=CC=C(c3ccccc3)CC2=Cc2ccc(Cl)cc21. The predicted molar refractivity (Wildman–Crippen MR) is 140 cm³/mol. The molecule has 31 heavy (non-hydrogen) atoms. The lowest BCUT2D eigenvalue weighted by atomic mass is 9.88. The molecule has 0 fully saturated rings. The first-order chi connectivity index (χ1) is 14.3. The molecular formula is C24H27Cl4N3. The summed E-state index contributed by atoms with van der Waals surface area (Å²) in [5.74, 6) is 0.641. The van der Waals surface area contributed by atoms with Crippen LogP contribution in [-0.2, 0) is 0 Å². The lowest BCUT2D eigenvalue weighted by Crippen LogP contribution is -2.41. The highest BCUT2D eigenvalue weighted by atomic mass is 35.5. The van der Waals surface area contributed by atoms with Crippen molar-refractivity contribution in [3.8, 4) is 0 Å². The number of nitrogens with zero attached hydrogens (tertiary/aromatic N) is 1. The van der Waals surface area contributed by atoms with Crippen molar-refractivity contribution >= 4 is 65.4 Å². The number of alkyl halides is 1. The summed E-state index contributed by atoms with van der Waals surface area (Å²) in [7, 11) is 0. The van der Waals surface area contributed by atoms with E-state index in [9.17, 15) is 0 Å². The first kappa shape index (κ1) is 25.8. The van der Waals surface area contributed by atoms with Gasteiger partial charge in [0.25, 0.3) is 0 Å². The van der Waals surface area contributed by atoms with Gasteiger partial charge in [-0.25, -0.2) is 5.43 Å². The minimum Gasteiger partial charge on any atom is -0.315 e. The standard InChI is InChI=1S/C24H25Cl2N3.2ClH/c25-11-14-27-12-4-13-28-29-23-10-8-19(18-5-2-1-3-6-18)15-21(23)16-20-7-9-22(26)17-24(20)29;;/h1-3,5-10,16-17,27-28H,4,11-15H2;2*1H. The average molecular weight is 499 g/mol. The van der Waals surface area contributed by atoms with E-state index in [0.29, 0.717) is 5.88 Å². The van der Waals surface area contributed by atoms with Crippen molar-refractivity contribution in [3.63, 3.8) is 0 Å². The van der Waals surface area contributed by atoms with E-state index >= 15 is 0 Å². The lowest BCUT2D eigenvalue weighted by Gasteiger charge is -2.36. The summed E-state index contributed by atoms with van der Waals surface area (Å²) >= 11 is 12.0. The molecule has 4 rings (SSSR count). The molecule has 0 bridgehead atoms. The van der Waals surface area contributed by atoms with Crippen molar-refractivity contribution in [2.45, 2.75) is 12.8 Å². The van der Waals surface area contributed by atoms with Gasteiger partial charge in [-0.1, -0.05) is 54.1 Å².